The number of nitrogens with zero attached hydrogens (tertiary/aromatic N) is 1. The third-order valence-electron chi connectivity index (χ3n) is 2.25. The molecule has 19 heavy (non-hydrogen) atoms. The van der Waals surface area contributed by atoms with Crippen LogP contribution in [0.1, 0.15) is 25.6 Å². The van der Waals surface area contributed by atoms with Gasteiger partial charge in [-0.2, -0.15) is 0 Å². The van der Waals surface area contributed by atoms with Gasteiger partial charge >= 0.3 is 6.09 Å². The normalized spacial score (nSPS) is 11.4. The number of ether oxygens (including phenoxy) is 1. The molecule has 1 rings (SSSR count). The molecule has 0 saturated carbocycles. The van der Waals surface area contributed by atoms with E-state index in [2.05, 4.69) is 5.32 Å². The van der Waals surface area contributed by atoms with E-state index in [0.29, 0.717) is 13.1 Å². The molecule has 0 fully saturated rings. The number of likely N-dealkylation sites (N-methyl/N-ethyl adjacent to an activating group) is 1. The predicted octanol–water partition coefficient (Wildman–Crippen LogP) is 3.36. The molecule has 0 radical (unpaired) electrons. The van der Waals surface area contributed by atoms with Crippen LogP contribution in [0.5, 0.6) is 0 Å². The van der Waals surface area contributed by atoms with Crippen molar-refractivity contribution < 1.29 is 9.53 Å². The Morgan fingerprint density at radius 1 is 1.53 bits per heavy atom. The van der Waals surface area contributed by atoms with Crippen molar-refractivity contribution in [2.75, 3.05) is 20.1 Å². The average molecular weight is 305 g/mol. The number of thiophene rings is 1. The van der Waals surface area contributed by atoms with Gasteiger partial charge in [-0.1, -0.05) is 11.6 Å². The summed E-state index contributed by atoms with van der Waals surface area (Å²) in [6.45, 7) is 7.66. The van der Waals surface area contributed by atoms with Gasteiger partial charge < -0.3 is 15.0 Å². The van der Waals surface area contributed by atoms with Crippen molar-refractivity contribution in [3.8, 4) is 0 Å². The van der Waals surface area contributed by atoms with Crippen LogP contribution in [0.15, 0.2) is 11.4 Å². The summed E-state index contributed by atoms with van der Waals surface area (Å²) in [4.78, 5) is 14.4. The standard InChI is InChI=1S/C13H21ClN2O2S/c1-13(2,3)18-12(17)16(4)6-5-15-8-11-7-10(14)9-19-11/h7,9,15H,5-6,8H2,1-4H3. The molecular weight excluding hydrogens is 284 g/mol. The maximum absolute atomic E-state index is 11.7. The number of hydrogen-bond acceptors (Lipinski definition) is 4. The fraction of sp³-hybridized carbons (Fsp3) is 0.615. The van der Waals surface area contributed by atoms with E-state index in [1.807, 2.05) is 32.2 Å². The van der Waals surface area contributed by atoms with Gasteiger partial charge in [-0.05, 0) is 26.8 Å². The van der Waals surface area contributed by atoms with Crippen molar-refractivity contribution in [3.05, 3.63) is 21.3 Å². The van der Waals surface area contributed by atoms with Gasteiger partial charge in [0.2, 0.25) is 0 Å². The second-order valence-corrected chi connectivity index (χ2v) is 6.74. The molecule has 1 amide bonds. The summed E-state index contributed by atoms with van der Waals surface area (Å²) in [5, 5.41) is 5.95. The maximum atomic E-state index is 11.7. The minimum absolute atomic E-state index is 0.298. The molecule has 1 heterocycles. The fourth-order valence-corrected chi connectivity index (χ4v) is 2.38. The van der Waals surface area contributed by atoms with Gasteiger partial charge in [-0.15, -0.1) is 11.3 Å². The highest BCUT2D eigenvalue weighted by Gasteiger charge is 2.18. The monoisotopic (exact) mass is 304 g/mol. The molecule has 0 aliphatic heterocycles. The Bertz CT molecular complexity index is 415. The first kappa shape index (κ1) is 16.3. The van der Waals surface area contributed by atoms with Crippen LogP contribution in [0.4, 0.5) is 4.79 Å². The van der Waals surface area contributed by atoms with Crippen molar-refractivity contribution in [3.63, 3.8) is 0 Å². The average Bonchev–Trinajstić information content (AvgIpc) is 2.68. The van der Waals surface area contributed by atoms with Crippen molar-refractivity contribution in [1.29, 1.82) is 0 Å². The van der Waals surface area contributed by atoms with E-state index in [1.165, 1.54) is 4.88 Å². The zero-order chi connectivity index (χ0) is 14.5. The highest BCUT2D eigenvalue weighted by Crippen LogP contribution is 2.18. The van der Waals surface area contributed by atoms with Gasteiger partial charge in [-0.25, -0.2) is 4.79 Å². The van der Waals surface area contributed by atoms with Gasteiger partial charge in [0.1, 0.15) is 5.60 Å². The Kier molecular flexibility index (Phi) is 6.10. The highest BCUT2D eigenvalue weighted by atomic mass is 35.5. The van der Waals surface area contributed by atoms with Gasteiger partial charge in [0, 0.05) is 36.9 Å². The lowest BCUT2D eigenvalue weighted by Crippen LogP contribution is -2.37. The van der Waals surface area contributed by atoms with Crippen molar-refractivity contribution in [2.45, 2.75) is 32.9 Å². The van der Waals surface area contributed by atoms with Crippen LogP contribution in [0.25, 0.3) is 0 Å². The van der Waals surface area contributed by atoms with Gasteiger partial charge in [0.05, 0.1) is 5.02 Å². The molecule has 0 atom stereocenters. The first-order chi connectivity index (χ1) is 8.78. The number of rotatable bonds is 5. The fourth-order valence-electron chi connectivity index (χ4n) is 1.34. The smallest absolute Gasteiger partial charge is 0.410 e. The van der Waals surface area contributed by atoms with E-state index in [1.54, 1.807) is 23.3 Å². The van der Waals surface area contributed by atoms with Crippen molar-refractivity contribution in [1.82, 2.24) is 10.2 Å². The molecule has 0 aliphatic carbocycles. The zero-order valence-electron chi connectivity index (χ0n) is 11.8. The summed E-state index contributed by atoms with van der Waals surface area (Å²) in [5.41, 5.74) is -0.452. The molecule has 1 N–H and O–H groups in total. The SMILES string of the molecule is CN(CCNCc1cc(Cl)cs1)C(=O)OC(C)(C)C. The van der Waals surface area contributed by atoms with E-state index >= 15 is 0 Å². The first-order valence-electron chi connectivity index (χ1n) is 6.15. The van der Waals surface area contributed by atoms with E-state index in [4.69, 9.17) is 16.3 Å². The summed E-state index contributed by atoms with van der Waals surface area (Å²) < 4.78 is 5.26. The second kappa shape index (κ2) is 7.12. The Labute approximate surface area is 123 Å². The molecule has 0 bridgehead atoms. The Morgan fingerprint density at radius 2 is 2.21 bits per heavy atom. The minimum atomic E-state index is -0.452. The third kappa shape index (κ3) is 6.80. The quantitative estimate of drug-likeness (QED) is 0.848. The largest absolute Gasteiger partial charge is 0.444 e. The van der Waals surface area contributed by atoms with E-state index in [-0.39, 0.29) is 6.09 Å². The predicted molar refractivity (Wildman–Crippen MR) is 79.9 cm³/mol. The Hall–Kier alpha value is -0.780. The second-order valence-electron chi connectivity index (χ2n) is 5.31. The minimum Gasteiger partial charge on any atom is -0.444 e. The number of nitrogens with one attached hydrogen (secondary N) is 1. The summed E-state index contributed by atoms with van der Waals surface area (Å²) in [6, 6.07) is 1.94. The summed E-state index contributed by atoms with van der Waals surface area (Å²) >= 11 is 7.46. The molecule has 0 spiro atoms. The first-order valence-corrected chi connectivity index (χ1v) is 7.41. The summed E-state index contributed by atoms with van der Waals surface area (Å²) in [7, 11) is 1.73. The number of hydrogen-bond donors (Lipinski definition) is 1. The van der Waals surface area contributed by atoms with E-state index in [9.17, 15) is 4.79 Å². The lowest BCUT2D eigenvalue weighted by atomic mass is 10.2. The summed E-state index contributed by atoms with van der Waals surface area (Å²) in [5.74, 6) is 0. The van der Waals surface area contributed by atoms with Crippen molar-refractivity contribution >= 4 is 29.0 Å². The van der Waals surface area contributed by atoms with Crippen LogP contribution in [0.3, 0.4) is 0 Å². The van der Waals surface area contributed by atoms with E-state index in [0.717, 1.165) is 11.6 Å². The molecule has 1 aromatic heterocycles. The molecule has 0 aromatic carbocycles. The van der Waals surface area contributed by atoms with Crippen LogP contribution in [-0.4, -0.2) is 36.7 Å². The number of carbonyl (C=O) groups excluding carboxylic acids is 1. The molecule has 0 aliphatic rings. The molecule has 4 nitrogen and oxygen atoms in total. The molecule has 1 aromatic rings. The maximum Gasteiger partial charge on any atom is 0.410 e. The zero-order valence-corrected chi connectivity index (χ0v) is 13.4. The van der Waals surface area contributed by atoms with Gasteiger partial charge in [0.15, 0.2) is 0 Å². The van der Waals surface area contributed by atoms with E-state index < -0.39 is 5.60 Å². The Balaban J connectivity index is 2.20. The summed E-state index contributed by atoms with van der Waals surface area (Å²) in [6.07, 6.45) is -0.298. The molecule has 0 unspecified atom stereocenters. The van der Waals surface area contributed by atoms with Crippen molar-refractivity contribution in [2.24, 2.45) is 0 Å². The van der Waals surface area contributed by atoms with Crippen LogP contribution in [-0.2, 0) is 11.3 Å². The van der Waals surface area contributed by atoms with Gasteiger partial charge in [0.25, 0.3) is 0 Å². The van der Waals surface area contributed by atoms with Gasteiger partial charge in [-0.3, -0.25) is 0 Å². The lowest BCUT2D eigenvalue weighted by molar-refractivity contribution is 0.0300. The van der Waals surface area contributed by atoms with Crippen LogP contribution in [0, 0.1) is 0 Å². The third-order valence-corrected chi connectivity index (χ3v) is 3.53. The number of halogens is 1. The topological polar surface area (TPSA) is 41.6 Å². The number of amides is 1. The van der Waals surface area contributed by atoms with Crippen LogP contribution < -0.4 is 5.32 Å². The van der Waals surface area contributed by atoms with Crippen LogP contribution >= 0.6 is 22.9 Å². The molecule has 108 valence electrons. The molecular formula is C13H21ClN2O2S. The molecule has 6 heteroatoms. The number of carbonyl (C=O) groups is 1. The van der Waals surface area contributed by atoms with Crippen LogP contribution in [0.2, 0.25) is 5.02 Å². The Morgan fingerprint density at radius 3 is 2.74 bits per heavy atom. The lowest BCUT2D eigenvalue weighted by Gasteiger charge is -2.24. The molecule has 0 saturated heterocycles. The highest BCUT2D eigenvalue weighted by molar-refractivity contribution is 7.10.